The number of benzene rings is 1. The monoisotopic (exact) mass is 340 g/mol. The number of hydrogen-bond acceptors (Lipinski definition) is 4. The van der Waals surface area contributed by atoms with Gasteiger partial charge in [0, 0.05) is 17.8 Å². The topological polar surface area (TPSA) is 72.7 Å². The predicted molar refractivity (Wildman–Crippen MR) is 78.6 cm³/mol. The molecule has 0 radical (unpaired) electrons. The number of carbonyl (C=O) groups excluding carboxylic acids is 1. The van der Waals surface area contributed by atoms with Crippen LogP contribution in [-0.4, -0.2) is 20.3 Å². The number of ether oxygens (including phenoxy) is 2. The van der Waals surface area contributed by atoms with Crippen molar-refractivity contribution in [2.45, 2.75) is 0 Å². The highest BCUT2D eigenvalue weighted by Crippen LogP contribution is 2.29. The number of nitrogens with one attached hydrogen (secondary N) is 2. The second-order valence-corrected chi connectivity index (χ2v) is 4.53. The number of anilines is 2. The van der Waals surface area contributed by atoms with E-state index in [4.69, 9.17) is 13.9 Å². The van der Waals surface area contributed by atoms with Crippen LogP contribution in [0, 0.1) is 0 Å². The highest BCUT2D eigenvalue weighted by molar-refractivity contribution is 9.10. The molecule has 0 atom stereocenters. The minimum absolute atomic E-state index is 0.342. The lowest BCUT2D eigenvalue weighted by Crippen LogP contribution is -2.19. The van der Waals surface area contributed by atoms with Gasteiger partial charge in [-0.15, -0.1) is 0 Å². The van der Waals surface area contributed by atoms with Crippen LogP contribution in [0.5, 0.6) is 11.5 Å². The summed E-state index contributed by atoms with van der Waals surface area (Å²) >= 11 is 3.15. The zero-order valence-electron chi connectivity index (χ0n) is 10.9. The van der Waals surface area contributed by atoms with Crippen molar-refractivity contribution >= 4 is 33.5 Å². The van der Waals surface area contributed by atoms with Crippen molar-refractivity contribution in [1.29, 1.82) is 0 Å². The molecule has 6 nitrogen and oxygen atoms in total. The lowest BCUT2D eigenvalue weighted by Gasteiger charge is -2.10. The number of carbonyl (C=O) groups is 1. The number of halogens is 1. The molecule has 0 unspecified atom stereocenters. The van der Waals surface area contributed by atoms with Gasteiger partial charge in [-0.2, -0.15) is 0 Å². The number of furan rings is 1. The van der Waals surface area contributed by atoms with Crippen molar-refractivity contribution < 1.29 is 18.7 Å². The summed E-state index contributed by atoms with van der Waals surface area (Å²) in [5.41, 5.74) is 0.575. The Labute approximate surface area is 124 Å². The minimum Gasteiger partial charge on any atom is -0.493 e. The van der Waals surface area contributed by atoms with Gasteiger partial charge < -0.3 is 19.2 Å². The number of methoxy groups -OCH3 is 2. The van der Waals surface area contributed by atoms with Crippen LogP contribution in [0.4, 0.5) is 16.4 Å². The Morgan fingerprint density at radius 3 is 2.45 bits per heavy atom. The molecule has 0 saturated heterocycles. The molecule has 1 heterocycles. The van der Waals surface area contributed by atoms with E-state index in [0.717, 1.165) is 0 Å². The highest BCUT2D eigenvalue weighted by Gasteiger charge is 2.08. The summed E-state index contributed by atoms with van der Waals surface area (Å²) < 4.78 is 16.0. The first-order valence-electron chi connectivity index (χ1n) is 5.67. The lowest BCUT2D eigenvalue weighted by molar-refractivity contribution is 0.261. The molecule has 2 aromatic rings. The third-order valence-corrected chi connectivity index (χ3v) is 2.88. The van der Waals surface area contributed by atoms with Crippen molar-refractivity contribution in [2.75, 3.05) is 24.9 Å². The smallest absolute Gasteiger partial charge is 0.326 e. The normalized spacial score (nSPS) is 9.95. The zero-order valence-corrected chi connectivity index (χ0v) is 12.5. The van der Waals surface area contributed by atoms with Gasteiger partial charge in [-0.25, -0.2) is 4.79 Å². The summed E-state index contributed by atoms with van der Waals surface area (Å²) in [6.07, 6.45) is 0. The summed E-state index contributed by atoms with van der Waals surface area (Å²) in [4.78, 5) is 11.8. The Morgan fingerprint density at radius 1 is 1.10 bits per heavy atom. The number of rotatable bonds is 4. The second kappa shape index (κ2) is 6.33. The van der Waals surface area contributed by atoms with E-state index in [9.17, 15) is 4.79 Å². The summed E-state index contributed by atoms with van der Waals surface area (Å²) in [5.74, 6) is 1.47. The number of amides is 2. The van der Waals surface area contributed by atoms with Crippen LogP contribution in [0.15, 0.2) is 39.4 Å². The molecule has 0 bridgehead atoms. The Hall–Kier alpha value is -2.15. The van der Waals surface area contributed by atoms with E-state index in [1.54, 1.807) is 37.4 Å². The molecule has 0 fully saturated rings. The van der Waals surface area contributed by atoms with Gasteiger partial charge in [-0.1, -0.05) is 0 Å². The van der Waals surface area contributed by atoms with Crippen molar-refractivity contribution in [3.05, 3.63) is 35.0 Å². The SMILES string of the molecule is COc1ccc(NC(=O)Nc2ccc(Br)o2)cc1OC. The van der Waals surface area contributed by atoms with Crippen LogP contribution in [0.25, 0.3) is 0 Å². The fourth-order valence-electron chi connectivity index (χ4n) is 1.57. The summed E-state index contributed by atoms with van der Waals surface area (Å²) in [7, 11) is 3.08. The molecule has 1 aromatic carbocycles. The quantitative estimate of drug-likeness (QED) is 0.889. The Bertz CT molecular complexity index is 612. The van der Waals surface area contributed by atoms with Gasteiger partial charge in [0.05, 0.1) is 14.2 Å². The van der Waals surface area contributed by atoms with Crippen molar-refractivity contribution in [3.8, 4) is 11.5 Å². The average molecular weight is 341 g/mol. The lowest BCUT2D eigenvalue weighted by atomic mass is 10.3. The van der Waals surface area contributed by atoms with Crippen LogP contribution in [0.1, 0.15) is 0 Å². The first kappa shape index (κ1) is 14.3. The van der Waals surface area contributed by atoms with Crippen molar-refractivity contribution in [2.24, 2.45) is 0 Å². The molecule has 0 aliphatic rings. The maximum Gasteiger partial charge on any atom is 0.326 e. The Balaban J connectivity index is 2.04. The van der Waals surface area contributed by atoms with Crippen LogP contribution in [0.2, 0.25) is 0 Å². The number of hydrogen-bond donors (Lipinski definition) is 2. The molecule has 0 saturated carbocycles. The van der Waals surface area contributed by atoms with E-state index in [1.807, 2.05) is 0 Å². The van der Waals surface area contributed by atoms with E-state index in [-0.39, 0.29) is 0 Å². The largest absolute Gasteiger partial charge is 0.493 e. The summed E-state index contributed by atoms with van der Waals surface area (Å²) in [5, 5.41) is 5.22. The maximum absolute atomic E-state index is 11.8. The van der Waals surface area contributed by atoms with E-state index < -0.39 is 6.03 Å². The minimum atomic E-state index is -0.418. The molecule has 0 spiro atoms. The second-order valence-electron chi connectivity index (χ2n) is 3.75. The summed E-state index contributed by atoms with van der Waals surface area (Å²) in [6, 6.07) is 7.98. The molecule has 2 rings (SSSR count). The van der Waals surface area contributed by atoms with E-state index >= 15 is 0 Å². The molecule has 2 N–H and O–H groups in total. The van der Waals surface area contributed by atoms with Crippen molar-refractivity contribution in [3.63, 3.8) is 0 Å². The molecular weight excluding hydrogens is 328 g/mol. The van der Waals surface area contributed by atoms with Crippen molar-refractivity contribution in [1.82, 2.24) is 0 Å². The van der Waals surface area contributed by atoms with Gasteiger partial charge >= 0.3 is 6.03 Å². The molecule has 106 valence electrons. The van der Waals surface area contributed by atoms with E-state index in [1.165, 1.54) is 7.11 Å². The third kappa shape index (κ3) is 3.45. The third-order valence-electron chi connectivity index (χ3n) is 2.45. The molecule has 0 aliphatic carbocycles. The van der Waals surface area contributed by atoms with Crippen LogP contribution < -0.4 is 20.1 Å². The predicted octanol–water partition coefficient (Wildman–Crippen LogP) is 3.70. The standard InChI is InChI=1S/C13H13BrN2O4/c1-18-9-4-3-8(7-10(9)19-2)15-13(17)16-12-6-5-11(14)20-12/h3-7H,1-2H3,(H2,15,16,17). The number of urea groups is 1. The van der Waals surface area contributed by atoms with Gasteiger partial charge in [-0.05, 0) is 34.1 Å². The van der Waals surface area contributed by atoms with E-state index in [2.05, 4.69) is 26.6 Å². The molecular formula is C13H13BrN2O4. The maximum atomic E-state index is 11.8. The van der Waals surface area contributed by atoms with Gasteiger partial charge in [0.2, 0.25) is 5.88 Å². The fraction of sp³-hybridized carbons (Fsp3) is 0.154. The van der Waals surface area contributed by atoms with Gasteiger partial charge in [0.15, 0.2) is 16.2 Å². The molecule has 2 amide bonds. The molecule has 7 heteroatoms. The zero-order chi connectivity index (χ0) is 14.5. The Kier molecular flexibility index (Phi) is 4.52. The van der Waals surface area contributed by atoms with Crippen LogP contribution >= 0.6 is 15.9 Å². The Morgan fingerprint density at radius 2 is 1.85 bits per heavy atom. The molecule has 1 aromatic heterocycles. The van der Waals surface area contributed by atoms with Crippen LogP contribution in [0.3, 0.4) is 0 Å². The van der Waals surface area contributed by atoms with E-state index in [0.29, 0.717) is 27.7 Å². The average Bonchev–Trinajstić information content (AvgIpc) is 2.83. The van der Waals surface area contributed by atoms with Gasteiger partial charge in [0.1, 0.15) is 0 Å². The molecule has 0 aliphatic heterocycles. The van der Waals surface area contributed by atoms with Crippen LogP contribution in [-0.2, 0) is 0 Å². The first-order valence-corrected chi connectivity index (χ1v) is 6.47. The van der Waals surface area contributed by atoms with Gasteiger partial charge in [0.25, 0.3) is 0 Å². The fourth-order valence-corrected chi connectivity index (χ4v) is 1.88. The summed E-state index contributed by atoms with van der Waals surface area (Å²) in [6.45, 7) is 0. The highest BCUT2D eigenvalue weighted by atomic mass is 79.9. The molecule has 20 heavy (non-hydrogen) atoms. The van der Waals surface area contributed by atoms with Gasteiger partial charge in [-0.3, -0.25) is 5.32 Å². The first-order chi connectivity index (χ1) is 9.62.